The van der Waals surface area contributed by atoms with Gasteiger partial charge in [-0.25, -0.2) is 9.78 Å². The third kappa shape index (κ3) is 6.44. The van der Waals surface area contributed by atoms with Crippen molar-refractivity contribution in [3.8, 4) is 5.75 Å². The van der Waals surface area contributed by atoms with E-state index in [1.807, 2.05) is 20.8 Å². The van der Waals surface area contributed by atoms with Crippen molar-refractivity contribution in [3.63, 3.8) is 0 Å². The van der Waals surface area contributed by atoms with Gasteiger partial charge in [-0.15, -0.1) is 13.2 Å². The second-order valence-corrected chi connectivity index (χ2v) is 8.97. The van der Waals surface area contributed by atoms with Crippen LogP contribution in [0.25, 0.3) is 10.2 Å². The Balaban J connectivity index is 1.83. The number of rotatable bonds is 5. The summed E-state index contributed by atoms with van der Waals surface area (Å²) in [6.07, 6.45) is -4.77. The van der Waals surface area contributed by atoms with Gasteiger partial charge in [0.05, 0.1) is 23.4 Å². The van der Waals surface area contributed by atoms with Gasteiger partial charge >= 0.3 is 12.4 Å². The fourth-order valence-electron chi connectivity index (χ4n) is 2.94. The molecule has 1 aliphatic rings. The summed E-state index contributed by atoms with van der Waals surface area (Å²) < 4.78 is 47.4. The van der Waals surface area contributed by atoms with Gasteiger partial charge in [-0.05, 0) is 32.9 Å². The third-order valence-electron chi connectivity index (χ3n) is 4.28. The Hall–Kier alpha value is -2.11. The maximum atomic E-state index is 12.9. The van der Waals surface area contributed by atoms with Crippen LogP contribution in [0.4, 0.5) is 23.1 Å². The van der Waals surface area contributed by atoms with Crippen molar-refractivity contribution in [1.82, 2.24) is 15.2 Å². The fraction of sp³-hybridized carbons (Fsp3) is 0.579. The minimum absolute atomic E-state index is 0.304. The second-order valence-electron chi connectivity index (χ2n) is 7.96. The average molecular weight is 446 g/mol. The number of aromatic nitrogens is 1. The number of urea groups is 1. The number of benzene rings is 1. The Labute approximate surface area is 176 Å². The summed E-state index contributed by atoms with van der Waals surface area (Å²) >= 11 is 1.15. The molecule has 30 heavy (non-hydrogen) atoms. The molecule has 0 bridgehead atoms. The van der Waals surface area contributed by atoms with Crippen LogP contribution in [0.1, 0.15) is 20.8 Å². The molecule has 0 aliphatic carbocycles. The van der Waals surface area contributed by atoms with Crippen molar-refractivity contribution >= 4 is 32.7 Å². The summed E-state index contributed by atoms with van der Waals surface area (Å²) in [5, 5.41) is 3.35. The number of carbonyl (C=O) groups excluding carboxylic acids is 1. The summed E-state index contributed by atoms with van der Waals surface area (Å²) in [5.74, 6) is -0.316. The van der Waals surface area contributed by atoms with E-state index in [1.54, 1.807) is 0 Å². The van der Waals surface area contributed by atoms with Gasteiger partial charge < -0.3 is 14.8 Å². The zero-order chi connectivity index (χ0) is 21.9. The quantitative estimate of drug-likeness (QED) is 0.756. The number of alkyl halides is 3. The molecule has 3 rings (SSSR count). The van der Waals surface area contributed by atoms with E-state index < -0.39 is 11.9 Å². The van der Waals surface area contributed by atoms with Crippen LogP contribution < -0.4 is 15.0 Å². The van der Waals surface area contributed by atoms with Gasteiger partial charge in [-0.3, -0.25) is 9.80 Å². The zero-order valence-corrected chi connectivity index (χ0v) is 17.9. The normalized spacial score (nSPS) is 15.9. The number of nitrogens with zero attached hydrogens (tertiary/aromatic N) is 3. The van der Waals surface area contributed by atoms with Crippen LogP contribution in [-0.2, 0) is 4.74 Å². The Morgan fingerprint density at radius 1 is 1.30 bits per heavy atom. The van der Waals surface area contributed by atoms with E-state index in [4.69, 9.17) is 4.74 Å². The Bertz CT molecular complexity index is 876. The molecule has 1 N–H and O–H groups in total. The summed E-state index contributed by atoms with van der Waals surface area (Å²) in [6.45, 7) is 9.54. The highest BCUT2D eigenvalue weighted by molar-refractivity contribution is 7.22. The van der Waals surface area contributed by atoms with E-state index in [1.165, 1.54) is 23.1 Å². The molecule has 1 saturated heterocycles. The first kappa shape index (κ1) is 22.6. The highest BCUT2D eigenvalue weighted by Crippen LogP contribution is 2.33. The van der Waals surface area contributed by atoms with E-state index in [9.17, 15) is 18.0 Å². The predicted molar refractivity (Wildman–Crippen MR) is 109 cm³/mol. The number of anilines is 1. The zero-order valence-electron chi connectivity index (χ0n) is 17.1. The van der Waals surface area contributed by atoms with E-state index in [2.05, 4.69) is 19.9 Å². The van der Waals surface area contributed by atoms with Crippen LogP contribution in [0.3, 0.4) is 0 Å². The van der Waals surface area contributed by atoms with Crippen molar-refractivity contribution < 1.29 is 27.4 Å². The minimum atomic E-state index is -4.77. The third-order valence-corrected chi connectivity index (χ3v) is 5.32. The van der Waals surface area contributed by atoms with E-state index >= 15 is 0 Å². The van der Waals surface area contributed by atoms with E-state index in [-0.39, 0.29) is 11.8 Å². The molecule has 1 fully saturated rings. The van der Waals surface area contributed by atoms with Crippen LogP contribution >= 0.6 is 11.3 Å². The smallest absolute Gasteiger partial charge is 0.406 e. The molecule has 11 heteroatoms. The van der Waals surface area contributed by atoms with Crippen molar-refractivity contribution in [2.45, 2.75) is 32.7 Å². The molecule has 166 valence electrons. The van der Waals surface area contributed by atoms with E-state index in [0.29, 0.717) is 41.7 Å². The lowest BCUT2D eigenvalue weighted by molar-refractivity contribution is -0.274. The molecule has 1 aromatic carbocycles. The molecule has 0 unspecified atom stereocenters. The SMILES string of the molecule is CC(C)(C)NC(=O)N(CCN1CCOCC1)c1nc2ccc(OC(F)(F)F)cc2s1. The van der Waals surface area contributed by atoms with Gasteiger partial charge in [0.2, 0.25) is 0 Å². The second kappa shape index (κ2) is 8.94. The predicted octanol–water partition coefficient (Wildman–Crippen LogP) is 3.84. The summed E-state index contributed by atoms with van der Waals surface area (Å²) in [5.41, 5.74) is 0.0584. The highest BCUT2D eigenvalue weighted by atomic mass is 32.1. The molecule has 2 heterocycles. The van der Waals surface area contributed by atoms with Gasteiger partial charge in [0.25, 0.3) is 0 Å². The van der Waals surface area contributed by atoms with Gasteiger partial charge in [0.1, 0.15) is 5.75 Å². The summed E-state index contributed by atoms with van der Waals surface area (Å²) in [7, 11) is 0. The number of nitrogens with one attached hydrogen (secondary N) is 1. The standard InChI is InChI=1S/C19H25F3N4O3S/c1-18(2,3)24-16(27)26(7-6-25-8-10-28-11-9-25)17-23-14-5-4-13(12-15(14)30-17)29-19(20,21)22/h4-5,12H,6-11H2,1-3H3,(H,24,27). The van der Waals surface area contributed by atoms with Crippen LogP contribution in [0.2, 0.25) is 0 Å². The number of halogens is 3. The lowest BCUT2D eigenvalue weighted by atomic mass is 10.1. The van der Waals surface area contributed by atoms with Crippen LogP contribution in [0.15, 0.2) is 18.2 Å². The van der Waals surface area contributed by atoms with Gasteiger partial charge in [0.15, 0.2) is 5.13 Å². The van der Waals surface area contributed by atoms with Gasteiger partial charge in [-0.2, -0.15) is 0 Å². The number of ether oxygens (including phenoxy) is 2. The largest absolute Gasteiger partial charge is 0.573 e. The average Bonchev–Trinajstić information content (AvgIpc) is 3.02. The van der Waals surface area contributed by atoms with E-state index in [0.717, 1.165) is 24.4 Å². The van der Waals surface area contributed by atoms with Crippen molar-refractivity contribution in [1.29, 1.82) is 0 Å². The molecule has 2 amide bonds. The molecule has 0 radical (unpaired) electrons. The number of hydrogen-bond donors (Lipinski definition) is 1. The number of morpholine rings is 1. The molecule has 0 saturated carbocycles. The number of hydrogen-bond acceptors (Lipinski definition) is 6. The lowest BCUT2D eigenvalue weighted by Gasteiger charge is -2.31. The Morgan fingerprint density at radius 3 is 2.63 bits per heavy atom. The van der Waals surface area contributed by atoms with Crippen molar-refractivity contribution in [2.75, 3.05) is 44.3 Å². The topological polar surface area (TPSA) is 66.9 Å². The molecular formula is C19H25F3N4O3S. The Morgan fingerprint density at radius 2 is 2.00 bits per heavy atom. The summed E-state index contributed by atoms with van der Waals surface area (Å²) in [6, 6.07) is 3.65. The van der Waals surface area contributed by atoms with Gasteiger partial charge in [0, 0.05) is 37.8 Å². The number of thiazole rings is 1. The van der Waals surface area contributed by atoms with Crippen LogP contribution in [0, 0.1) is 0 Å². The number of amides is 2. The monoisotopic (exact) mass is 446 g/mol. The summed E-state index contributed by atoms with van der Waals surface area (Å²) in [4.78, 5) is 21.1. The molecule has 7 nitrogen and oxygen atoms in total. The first-order chi connectivity index (χ1) is 14.0. The first-order valence-electron chi connectivity index (χ1n) is 9.56. The van der Waals surface area contributed by atoms with Gasteiger partial charge in [-0.1, -0.05) is 11.3 Å². The minimum Gasteiger partial charge on any atom is -0.406 e. The Kier molecular flexibility index (Phi) is 6.73. The molecule has 2 aromatic rings. The lowest BCUT2D eigenvalue weighted by Crippen LogP contribution is -2.51. The number of fused-ring (bicyclic) bond motifs is 1. The van der Waals surface area contributed by atoms with Crippen molar-refractivity contribution in [2.24, 2.45) is 0 Å². The van der Waals surface area contributed by atoms with Crippen LogP contribution in [-0.4, -0.2) is 67.2 Å². The highest BCUT2D eigenvalue weighted by Gasteiger charge is 2.31. The van der Waals surface area contributed by atoms with Crippen molar-refractivity contribution in [3.05, 3.63) is 18.2 Å². The molecule has 1 aromatic heterocycles. The maximum absolute atomic E-state index is 12.9. The maximum Gasteiger partial charge on any atom is 0.573 e. The van der Waals surface area contributed by atoms with Crippen LogP contribution in [0.5, 0.6) is 5.75 Å². The molecule has 0 atom stereocenters. The first-order valence-corrected chi connectivity index (χ1v) is 10.4. The number of carbonyl (C=O) groups is 1. The molecule has 1 aliphatic heterocycles. The fourth-order valence-corrected chi connectivity index (χ4v) is 3.96. The molecular weight excluding hydrogens is 421 g/mol. The molecule has 0 spiro atoms.